The minimum Gasteiger partial charge on any atom is -0.410 e. The van der Waals surface area contributed by atoms with E-state index in [0.717, 1.165) is 6.04 Å². The van der Waals surface area contributed by atoms with E-state index in [4.69, 9.17) is 4.43 Å². The molecule has 0 saturated heterocycles. The zero-order valence-electron chi connectivity index (χ0n) is 9.86. The lowest BCUT2D eigenvalue weighted by Gasteiger charge is -2.26. The van der Waals surface area contributed by atoms with Gasteiger partial charge in [0.2, 0.25) is 0 Å². The average Bonchev–Trinajstić information content (AvgIpc) is 2.18. The van der Waals surface area contributed by atoms with E-state index in [9.17, 15) is 0 Å². The molecule has 0 aliphatic heterocycles. The van der Waals surface area contributed by atoms with Crippen LogP contribution in [0.15, 0.2) is 43.0 Å². The predicted octanol–water partition coefficient (Wildman–Crippen LogP) is 4.16. The third-order valence-electron chi connectivity index (χ3n) is 2.40. The van der Waals surface area contributed by atoms with Crippen LogP contribution in [0.2, 0.25) is 19.1 Å². The molecule has 0 saturated carbocycles. The number of rotatable bonds is 5. The molecular formula is C13H20OSi. The van der Waals surface area contributed by atoms with Gasteiger partial charge in [0.25, 0.3) is 0 Å². The molecule has 0 aromatic heterocycles. The van der Waals surface area contributed by atoms with Crippen molar-refractivity contribution in [1.82, 2.24) is 0 Å². The zero-order chi connectivity index (χ0) is 11.3. The molecule has 1 aromatic carbocycles. The first-order valence-electron chi connectivity index (χ1n) is 5.39. The molecule has 1 aromatic rings. The van der Waals surface area contributed by atoms with Crippen LogP contribution < -0.4 is 0 Å². The Labute approximate surface area is 93.9 Å². The fraction of sp³-hybridized carbons (Fsp3) is 0.385. The highest BCUT2D eigenvalue weighted by Crippen LogP contribution is 2.23. The first-order chi connectivity index (χ1) is 7.05. The molecule has 1 atom stereocenters. The van der Waals surface area contributed by atoms with E-state index < -0.39 is 8.32 Å². The predicted molar refractivity (Wildman–Crippen MR) is 68.4 cm³/mol. The molecule has 0 aliphatic rings. The van der Waals surface area contributed by atoms with Gasteiger partial charge in [-0.2, -0.15) is 0 Å². The summed E-state index contributed by atoms with van der Waals surface area (Å²) in [4.78, 5) is 0. The van der Waals surface area contributed by atoms with Gasteiger partial charge >= 0.3 is 0 Å². The van der Waals surface area contributed by atoms with Gasteiger partial charge in [-0.15, -0.1) is 6.58 Å². The molecule has 1 nitrogen and oxygen atoms in total. The number of allylic oxidation sites excluding steroid dienone is 1. The van der Waals surface area contributed by atoms with E-state index in [1.165, 1.54) is 5.56 Å². The van der Waals surface area contributed by atoms with Gasteiger partial charge in [-0.05, 0) is 31.6 Å². The molecule has 15 heavy (non-hydrogen) atoms. The Morgan fingerprint density at radius 2 is 1.93 bits per heavy atom. The molecule has 0 amide bonds. The highest BCUT2D eigenvalue weighted by Gasteiger charge is 2.23. The van der Waals surface area contributed by atoms with Crippen molar-refractivity contribution in [2.45, 2.75) is 32.2 Å². The van der Waals surface area contributed by atoms with Crippen molar-refractivity contribution in [2.24, 2.45) is 0 Å². The van der Waals surface area contributed by atoms with Crippen LogP contribution in [0.4, 0.5) is 0 Å². The Morgan fingerprint density at radius 1 is 1.33 bits per heavy atom. The topological polar surface area (TPSA) is 9.23 Å². The molecule has 0 heterocycles. The maximum absolute atomic E-state index is 6.13. The SMILES string of the molecule is C=CC[Si](C)(C)OC(C)c1ccccc1. The van der Waals surface area contributed by atoms with E-state index >= 15 is 0 Å². The summed E-state index contributed by atoms with van der Waals surface area (Å²) in [7, 11) is -1.57. The zero-order valence-corrected chi connectivity index (χ0v) is 10.9. The summed E-state index contributed by atoms with van der Waals surface area (Å²) in [6, 6.07) is 11.4. The minimum atomic E-state index is -1.57. The third kappa shape index (κ3) is 4.02. The number of hydrogen-bond acceptors (Lipinski definition) is 1. The summed E-state index contributed by atoms with van der Waals surface area (Å²) >= 11 is 0. The number of benzene rings is 1. The molecule has 0 bridgehead atoms. The lowest BCUT2D eigenvalue weighted by molar-refractivity contribution is 0.217. The molecule has 1 unspecified atom stereocenters. The summed E-state index contributed by atoms with van der Waals surface area (Å²) in [5.74, 6) is 0. The average molecular weight is 220 g/mol. The van der Waals surface area contributed by atoms with Crippen LogP contribution in [-0.4, -0.2) is 8.32 Å². The van der Waals surface area contributed by atoms with Crippen LogP contribution in [0.5, 0.6) is 0 Å². The van der Waals surface area contributed by atoms with Gasteiger partial charge in [0.1, 0.15) is 0 Å². The fourth-order valence-electron chi connectivity index (χ4n) is 1.67. The highest BCUT2D eigenvalue weighted by molar-refractivity contribution is 6.71. The van der Waals surface area contributed by atoms with Gasteiger partial charge in [-0.1, -0.05) is 36.4 Å². The Kier molecular flexibility index (Phi) is 4.30. The quantitative estimate of drug-likeness (QED) is 0.535. The number of hydrogen-bond donors (Lipinski definition) is 0. The Balaban J connectivity index is 2.63. The molecule has 0 fully saturated rings. The van der Waals surface area contributed by atoms with Crippen molar-refractivity contribution in [2.75, 3.05) is 0 Å². The minimum absolute atomic E-state index is 0.188. The molecule has 0 aliphatic carbocycles. The van der Waals surface area contributed by atoms with Gasteiger partial charge < -0.3 is 4.43 Å². The maximum Gasteiger partial charge on any atom is 0.191 e. The summed E-state index contributed by atoms with van der Waals surface area (Å²) in [5.41, 5.74) is 1.25. The lowest BCUT2D eigenvalue weighted by Crippen LogP contribution is -2.30. The van der Waals surface area contributed by atoms with E-state index in [2.05, 4.69) is 50.9 Å². The van der Waals surface area contributed by atoms with E-state index in [1.807, 2.05) is 12.1 Å². The van der Waals surface area contributed by atoms with Crippen molar-refractivity contribution in [3.8, 4) is 0 Å². The van der Waals surface area contributed by atoms with Crippen molar-refractivity contribution in [1.29, 1.82) is 0 Å². The van der Waals surface area contributed by atoms with Gasteiger partial charge in [0, 0.05) is 0 Å². The molecule has 1 rings (SSSR count). The van der Waals surface area contributed by atoms with Crippen LogP contribution in [0.3, 0.4) is 0 Å². The van der Waals surface area contributed by atoms with Gasteiger partial charge in [0.05, 0.1) is 6.10 Å². The molecule has 2 heteroatoms. The van der Waals surface area contributed by atoms with E-state index in [1.54, 1.807) is 0 Å². The van der Waals surface area contributed by atoms with Crippen LogP contribution in [0.25, 0.3) is 0 Å². The van der Waals surface area contributed by atoms with Gasteiger partial charge in [0.15, 0.2) is 8.32 Å². The fourth-order valence-corrected chi connectivity index (χ4v) is 3.55. The Morgan fingerprint density at radius 3 is 2.47 bits per heavy atom. The van der Waals surface area contributed by atoms with E-state index in [0.29, 0.717) is 0 Å². The molecule has 0 radical (unpaired) electrons. The summed E-state index contributed by atoms with van der Waals surface area (Å²) in [6.07, 6.45) is 2.15. The van der Waals surface area contributed by atoms with Gasteiger partial charge in [-0.25, -0.2) is 0 Å². The van der Waals surface area contributed by atoms with Gasteiger partial charge in [-0.3, -0.25) is 0 Å². The highest BCUT2D eigenvalue weighted by atomic mass is 28.4. The van der Waals surface area contributed by atoms with Crippen LogP contribution in [0.1, 0.15) is 18.6 Å². The van der Waals surface area contributed by atoms with Crippen molar-refractivity contribution < 1.29 is 4.43 Å². The first kappa shape index (κ1) is 12.2. The smallest absolute Gasteiger partial charge is 0.191 e. The van der Waals surface area contributed by atoms with Crippen molar-refractivity contribution in [3.05, 3.63) is 48.6 Å². The van der Waals surface area contributed by atoms with Crippen molar-refractivity contribution in [3.63, 3.8) is 0 Å². The second-order valence-corrected chi connectivity index (χ2v) is 8.59. The van der Waals surface area contributed by atoms with Crippen molar-refractivity contribution >= 4 is 8.32 Å². The Hall–Kier alpha value is -0.863. The maximum atomic E-state index is 6.13. The molecule has 0 spiro atoms. The van der Waals surface area contributed by atoms with Crippen LogP contribution in [0, 0.1) is 0 Å². The standard InChI is InChI=1S/C13H20OSi/c1-5-11-15(3,4)14-12(2)13-9-7-6-8-10-13/h5-10,12H,1,11H2,2-4H3. The lowest BCUT2D eigenvalue weighted by atomic mass is 10.1. The summed E-state index contributed by atoms with van der Waals surface area (Å²) < 4.78 is 6.13. The first-order valence-corrected chi connectivity index (χ1v) is 8.50. The summed E-state index contributed by atoms with van der Waals surface area (Å²) in [5, 5.41) is 0. The van der Waals surface area contributed by atoms with Crippen LogP contribution >= 0.6 is 0 Å². The normalized spacial score (nSPS) is 13.5. The Bertz CT molecular complexity index is 306. The molecule has 0 N–H and O–H groups in total. The molecule has 82 valence electrons. The second kappa shape index (κ2) is 5.28. The molecular weight excluding hydrogens is 200 g/mol. The third-order valence-corrected chi connectivity index (χ3v) is 4.66. The largest absolute Gasteiger partial charge is 0.410 e. The van der Waals surface area contributed by atoms with Crippen LogP contribution in [-0.2, 0) is 4.43 Å². The van der Waals surface area contributed by atoms with E-state index in [-0.39, 0.29) is 6.10 Å². The monoisotopic (exact) mass is 220 g/mol. The second-order valence-electron chi connectivity index (χ2n) is 4.42. The summed E-state index contributed by atoms with van der Waals surface area (Å²) in [6.45, 7) is 10.4.